The quantitative estimate of drug-likeness (QED) is 0.846. The highest BCUT2D eigenvalue weighted by atomic mass is 32.2. The molecule has 0 bridgehead atoms. The predicted octanol–water partition coefficient (Wildman–Crippen LogP) is 0.316. The summed E-state index contributed by atoms with van der Waals surface area (Å²) in [5.74, 6) is 0.648. The first-order valence-corrected chi connectivity index (χ1v) is 9.21. The van der Waals surface area contributed by atoms with Crippen LogP contribution in [0.2, 0.25) is 0 Å². The summed E-state index contributed by atoms with van der Waals surface area (Å²) in [5.41, 5.74) is 1.03. The molecule has 0 saturated heterocycles. The molecule has 0 aromatic carbocycles. The largest absolute Gasteiger partial charge is 0.333 e. The molecule has 1 unspecified atom stereocenters. The molecule has 1 N–H and O–H groups in total. The maximum Gasteiger partial charge on any atom is 0.225 e. The molecule has 2 aromatic heterocycles. The Morgan fingerprint density at radius 3 is 2.74 bits per heavy atom. The molecule has 3 heterocycles. The van der Waals surface area contributed by atoms with Crippen LogP contribution in [0.15, 0.2) is 30.7 Å². The van der Waals surface area contributed by atoms with Gasteiger partial charge in [-0.1, -0.05) is 0 Å². The van der Waals surface area contributed by atoms with Crippen molar-refractivity contribution in [3.05, 3.63) is 36.4 Å². The lowest BCUT2D eigenvalue weighted by Gasteiger charge is -2.33. The van der Waals surface area contributed by atoms with Gasteiger partial charge in [0, 0.05) is 31.7 Å². The summed E-state index contributed by atoms with van der Waals surface area (Å²) in [7, 11) is -3.20. The van der Waals surface area contributed by atoms with Crippen LogP contribution in [0.25, 0.3) is 0 Å². The SMILES string of the molecule is O=S(=O)(NCC1CN(c2ncccn2)Cc2ccnn21)C1CC1. The molecule has 1 atom stereocenters. The van der Waals surface area contributed by atoms with E-state index in [1.807, 2.05) is 15.6 Å². The minimum atomic E-state index is -3.20. The summed E-state index contributed by atoms with van der Waals surface area (Å²) in [6, 6.07) is 3.64. The number of nitrogens with one attached hydrogen (secondary N) is 1. The number of nitrogens with zero attached hydrogens (tertiary/aromatic N) is 5. The monoisotopic (exact) mass is 334 g/mol. The van der Waals surface area contributed by atoms with Crippen molar-refractivity contribution in [1.82, 2.24) is 24.5 Å². The highest BCUT2D eigenvalue weighted by Crippen LogP contribution is 2.28. The summed E-state index contributed by atoms with van der Waals surface area (Å²) < 4.78 is 28.8. The summed E-state index contributed by atoms with van der Waals surface area (Å²) in [5, 5.41) is 4.13. The molecule has 0 radical (unpaired) electrons. The van der Waals surface area contributed by atoms with E-state index < -0.39 is 10.0 Å². The molecule has 23 heavy (non-hydrogen) atoms. The topological polar surface area (TPSA) is 93.0 Å². The summed E-state index contributed by atoms with van der Waals surface area (Å²) in [6.07, 6.45) is 6.68. The van der Waals surface area contributed by atoms with E-state index in [2.05, 4.69) is 19.8 Å². The highest BCUT2D eigenvalue weighted by molar-refractivity contribution is 7.90. The van der Waals surface area contributed by atoms with Crippen LogP contribution < -0.4 is 9.62 Å². The molecule has 2 aliphatic rings. The van der Waals surface area contributed by atoms with Crippen LogP contribution in [0.5, 0.6) is 0 Å². The van der Waals surface area contributed by atoms with Gasteiger partial charge in [-0.05, 0) is 25.0 Å². The number of anilines is 1. The van der Waals surface area contributed by atoms with Gasteiger partial charge in [-0.2, -0.15) is 5.10 Å². The van der Waals surface area contributed by atoms with Gasteiger partial charge in [0.2, 0.25) is 16.0 Å². The standard InChI is InChI=1S/C14H18N6O2S/c21-23(22,13-2-3-13)18-8-12-10-19(14-15-5-1-6-16-14)9-11-4-7-17-20(11)12/h1,4-7,12-13,18H,2-3,8-10H2. The van der Waals surface area contributed by atoms with E-state index in [1.165, 1.54) is 0 Å². The molecule has 1 aliphatic heterocycles. The molecule has 2 aromatic rings. The van der Waals surface area contributed by atoms with Crippen LogP contribution in [0.1, 0.15) is 24.6 Å². The van der Waals surface area contributed by atoms with Gasteiger partial charge in [-0.25, -0.2) is 23.1 Å². The van der Waals surface area contributed by atoms with E-state index in [-0.39, 0.29) is 11.3 Å². The van der Waals surface area contributed by atoms with Gasteiger partial charge in [0.25, 0.3) is 0 Å². The lowest BCUT2D eigenvalue weighted by Crippen LogP contribution is -2.44. The summed E-state index contributed by atoms with van der Waals surface area (Å²) >= 11 is 0. The van der Waals surface area contributed by atoms with Gasteiger partial charge >= 0.3 is 0 Å². The first-order valence-electron chi connectivity index (χ1n) is 7.66. The van der Waals surface area contributed by atoms with Crippen LogP contribution in [-0.2, 0) is 16.6 Å². The Morgan fingerprint density at radius 2 is 2.00 bits per heavy atom. The van der Waals surface area contributed by atoms with Gasteiger partial charge < -0.3 is 4.90 Å². The fourth-order valence-corrected chi connectivity index (χ4v) is 4.27. The normalized spacial score (nSPS) is 21.2. The predicted molar refractivity (Wildman–Crippen MR) is 84.3 cm³/mol. The number of aromatic nitrogens is 4. The van der Waals surface area contributed by atoms with Crippen molar-refractivity contribution in [2.45, 2.75) is 30.7 Å². The van der Waals surface area contributed by atoms with Crippen LogP contribution in [-0.4, -0.2) is 46.5 Å². The maximum absolute atomic E-state index is 12.1. The number of rotatable bonds is 5. The van der Waals surface area contributed by atoms with E-state index in [9.17, 15) is 8.42 Å². The van der Waals surface area contributed by atoms with Crippen molar-refractivity contribution in [1.29, 1.82) is 0 Å². The fraction of sp³-hybridized carbons (Fsp3) is 0.500. The zero-order chi connectivity index (χ0) is 15.9. The molecule has 0 amide bonds. The third-order valence-corrected chi connectivity index (χ3v) is 6.12. The maximum atomic E-state index is 12.1. The second-order valence-electron chi connectivity index (χ2n) is 5.94. The van der Waals surface area contributed by atoms with E-state index in [4.69, 9.17) is 0 Å². The average Bonchev–Trinajstić information content (AvgIpc) is 3.33. The Kier molecular flexibility index (Phi) is 3.53. The third kappa shape index (κ3) is 2.93. The van der Waals surface area contributed by atoms with Crippen LogP contribution >= 0.6 is 0 Å². The lowest BCUT2D eigenvalue weighted by molar-refractivity contribution is 0.392. The third-order valence-electron chi connectivity index (χ3n) is 4.20. The first kappa shape index (κ1) is 14.6. The highest BCUT2D eigenvalue weighted by Gasteiger charge is 2.36. The Hall–Kier alpha value is -2.00. The van der Waals surface area contributed by atoms with Gasteiger partial charge in [-0.3, -0.25) is 4.68 Å². The zero-order valence-electron chi connectivity index (χ0n) is 12.5. The van der Waals surface area contributed by atoms with E-state index >= 15 is 0 Å². The Labute approximate surface area is 134 Å². The molecule has 4 rings (SSSR count). The van der Waals surface area contributed by atoms with E-state index in [0.717, 1.165) is 18.5 Å². The van der Waals surface area contributed by atoms with Crippen LogP contribution in [0, 0.1) is 0 Å². The van der Waals surface area contributed by atoms with Crippen molar-refractivity contribution >= 4 is 16.0 Å². The minimum absolute atomic E-state index is 0.0777. The van der Waals surface area contributed by atoms with Gasteiger partial charge in [0.1, 0.15) is 0 Å². The van der Waals surface area contributed by atoms with Gasteiger partial charge in [0.05, 0.1) is 23.5 Å². The molecule has 8 nitrogen and oxygen atoms in total. The molecule has 122 valence electrons. The molecule has 1 aliphatic carbocycles. The van der Waals surface area contributed by atoms with Crippen molar-refractivity contribution in [3.63, 3.8) is 0 Å². The van der Waals surface area contributed by atoms with Crippen LogP contribution in [0.4, 0.5) is 5.95 Å². The smallest absolute Gasteiger partial charge is 0.225 e. The zero-order valence-corrected chi connectivity index (χ0v) is 13.4. The second-order valence-corrected chi connectivity index (χ2v) is 7.99. The second kappa shape index (κ2) is 5.57. The number of hydrogen-bond donors (Lipinski definition) is 1. The summed E-state index contributed by atoms with van der Waals surface area (Å²) in [6.45, 7) is 1.61. The molecule has 0 spiro atoms. The van der Waals surface area contributed by atoms with Crippen molar-refractivity contribution in [2.24, 2.45) is 0 Å². The van der Waals surface area contributed by atoms with Gasteiger partial charge in [0.15, 0.2) is 0 Å². The van der Waals surface area contributed by atoms with Gasteiger partial charge in [-0.15, -0.1) is 0 Å². The van der Waals surface area contributed by atoms with Crippen molar-refractivity contribution < 1.29 is 8.42 Å². The average molecular weight is 334 g/mol. The van der Waals surface area contributed by atoms with Crippen molar-refractivity contribution in [2.75, 3.05) is 18.0 Å². The first-order chi connectivity index (χ1) is 11.1. The molecular formula is C14H18N6O2S. The van der Waals surface area contributed by atoms with E-state index in [1.54, 1.807) is 24.7 Å². The molecule has 9 heteroatoms. The number of sulfonamides is 1. The Balaban J connectivity index is 1.54. The minimum Gasteiger partial charge on any atom is -0.333 e. The van der Waals surface area contributed by atoms with Crippen LogP contribution in [0.3, 0.4) is 0 Å². The fourth-order valence-electron chi connectivity index (χ4n) is 2.85. The lowest BCUT2D eigenvalue weighted by atomic mass is 10.2. The Morgan fingerprint density at radius 1 is 1.22 bits per heavy atom. The number of fused-ring (bicyclic) bond motifs is 1. The van der Waals surface area contributed by atoms with E-state index in [0.29, 0.717) is 25.6 Å². The molecule has 1 saturated carbocycles. The molecule has 1 fully saturated rings. The number of hydrogen-bond acceptors (Lipinski definition) is 6. The van der Waals surface area contributed by atoms with Crippen molar-refractivity contribution in [3.8, 4) is 0 Å². The summed E-state index contributed by atoms with van der Waals surface area (Å²) in [4.78, 5) is 10.6. The molecular weight excluding hydrogens is 316 g/mol. The Bertz CT molecular complexity index is 787.